The molecule has 2 nitrogen and oxygen atoms in total. The quantitative estimate of drug-likeness (QED) is 0.668. The molecule has 1 aromatic carbocycles. The number of hydrogen-bond acceptors (Lipinski definition) is 4. The molecule has 0 aliphatic rings. The second-order valence-corrected chi connectivity index (χ2v) is 5.94. The van der Waals surface area contributed by atoms with Gasteiger partial charge in [-0.05, 0) is 38.1 Å². The molecular formula is C12H14N2S2. The van der Waals surface area contributed by atoms with Crippen LogP contribution in [0.4, 0.5) is 5.69 Å². The van der Waals surface area contributed by atoms with Gasteiger partial charge in [0.1, 0.15) is 5.01 Å². The molecule has 1 aromatic heterocycles. The van der Waals surface area contributed by atoms with Crippen molar-refractivity contribution in [1.82, 2.24) is 4.98 Å². The summed E-state index contributed by atoms with van der Waals surface area (Å²) in [5, 5.41) is 1.19. The second-order valence-electron chi connectivity index (χ2n) is 3.61. The monoisotopic (exact) mass is 250 g/mol. The predicted molar refractivity (Wildman–Crippen MR) is 72.0 cm³/mol. The van der Waals surface area contributed by atoms with Crippen LogP contribution in [0.2, 0.25) is 0 Å². The van der Waals surface area contributed by atoms with Gasteiger partial charge in [-0.2, -0.15) is 0 Å². The van der Waals surface area contributed by atoms with E-state index in [0.717, 1.165) is 17.1 Å². The van der Waals surface area contributed by atoms with Crippen molar-refractivity contribution in [1.29, 1.82) is 0 Å². The summed E-state index contributed by atoms with van der Waals surface area (Å²) < 4.78 is 0. The Labute approximate surface area is 104 Å². The molecule has 0 aliphatic heterocycles. The van der Waals surface area contributed by atoms with Gasteiger partial charge in [-0.25, -0.2) is 4.98 Å². The molecule has 0 spiro atoms. The minimum absolute atomic E-state index is 0.810. The van der Waals surface area contributed by atoms with E-state index in [1.807, 2.05) is 24.3 Å². The zero-order valence-corrected chi connectivity index (χ0v) is 11.0. The zero-order chi connectivity index (χ0) is 11.5. The number of rotatable bonds is 3. The number of benzene rings is 1. The molecule has 0 aliphatic carbocycles. The molecule has 0 saturated heterocycles. The van der Waals surface area contributed by atoms with Gasteiger partial charge in [0.25, 0.3) is 0 Å². The Morgan fingerprint density at radius 2 is 1.94 bits per heavy atom. The standard InChI is InChI=1S/C12H14N2S2/c1-8-9(2)16-12(14-8)7-15-11-5-3-10(13)4-6-11/h3-6H,7,13H2,1-2H3. The third-order valence-corrected chi connectivity index (χ3v) is 4.59. The lowest BCUT2D eigenvalue weighted by Gasteiger charge is -1.99. The highest BCUT2D eigenvalue weighted by atomic mass is 32.2. The summed E-state index contributed by atoms with van der Waals surface area (Å²) >= 11 is 3.58. The van der Waals surface area contributed by atoms with Gasteiger partial charge in [-0.1, -0.05) is 0 Å². The highest BCUT2D eigenvalue weighted by Gasteiger charge is 2.04. The predicted octanol–water partition coefficient (Wildman–Crippen LogP) is 3.63. The molecular weight excluding hydrogens is 236 g/mol. The van der Waals surface area contributed by atoms with Crippen LogP contribution in [0.3, 0.4) is 0 Å². The number of aryl methyl sites for hydroxylation is 2. The Morgan fingerprint density at radius 3 is 2.50 bits per heavy atom. The molecule has 0 bridgehead atoms. The molecule has 0 unspecified atom stereocenters. The van der Waals surface area contributed by atoms with Crippen LogP contribution in [0, 0.1) is 13.8 Å². The largest absolute Gasteiger partial charge is 0.399 e. The lowest BCUT2D eigenvalue weighted by Crippen LogP contribution is -1.83. The van der Waals surface area contributed by atoms with Gasteiger partial charge in [0.15, 0.2) is 0 Å². The Hall–Kier alpha value is -1.00. The van der Waals surface area contributed by atoms with Crippen molar-refractivity contribution in [2.75, 3.05) is 5.73 Å². The van der Waals surface area contributed by atoms with Gasteiger partial charge in [0.2, 0.25) is 0 Å². The normalized spacial score (nSPS) is 10.6. The average Bonchev–Trinajstić information content (AvgIpc) is 2.58. The van der Waals surface area contributed by atoms with Crippen molar-refractivity contribution in [2.24, 2.45) is 0 Å². The maximum absolute atomic E-state index is 5.64. The van der Waals surface area contributed by atoms with Crippen molar-refractivity contribution in [3.63, 3.8) is 0 Å². The summed E-state index contributed by atoms with van der Waals surface area (Å²) in [6, 6.07) is 7.96. The number of nitrogens with zero attached hydrogens (tertiary/aromatic N) is 1. The van der Waals surface area contributed by atoms with Crippen LogP contribution in [-0.2, 0) is 5.75 Å². The van der Waals surface area contributed by atoms with Gasteiger partial charge in [0, 0.05) is 15.5 Å². The highest BCUT2D eigenvalue weighted by molar-refractivity contribution is 7.98. The Morgan fingerprint density at radius 1 is 1.25 bits per heavy atom. The summed E-state index contributed by atoms with van der Waals surface area (Å²) in [5.74, 6) is 0.934. The molecule has 4 heteroatoms. The summed E-state index contributed by atoms with van der Waals surface area (Å²) in [6.07, 6.45) is 0. The third-order valence-electron chi connectivity index (χ3n) is 2.32. The van der Waals surface area contributed by atoms with Crippen LogP contribution >= 0.6 is 23.1 Å². The van der Waals surface area contributed by atoms with Crippen LogP contribution in [-0.4, -0.2) is 4.98 Å². The summed E-state index contributed by atoms with van der Waals surface area (Å²) in [4.78, 5) is 7.06. The molecule has 0 fully saturated rings. The van der Waals surface area contributed by atoms with Crippen LogP contribution in [0.1, 0.15) is 15.6 Å². The van der Waals surface area contributed by atoms with Crippen LogP contribution in [0.25, 0.3) is 0 Å². The van der Waals surface area contributed by atoms with Crippen LogP contribution in [0.5, 0.6) is 0 Å². The first-order chi connectivity index (χ1) is 7.65. The van der Waals surface area contributed by atoms with Crippen molar-refractivity contribution in [2.45, 2.75) is 24.5 Å². The maximum Gasteiger partial charge on any atom is 0.103 e. The van der Waals surface area contributed by atoms with Crippen LogP contribution in [0.15, 0.2) is 29.2 Å². The molecule has 2 rings (SSSR count). The number of anilines is 1. The van der Waals surface area contributed by atoms with Gasteiger partial charge in [-0.3, -0.25) is 0 Å². The summed E-state index contributed by atoms with van der Waals surface area (Å²) in [7, 11) is 0. The molecule has 0 saturated carbocycles. The average molecular weight is 250 g/mol. The number of thioether (sulfide) groups is 1. The third kappa shape index (κ3) is 2.77. The maximum atomic E-state index is 5.64. The van der Waals surface area contributed by atoms with E-state index in [-0.39, 0.29) is 0 Å². The first-order valence-electron chi connectivity index (χ1n) is 5.06. The first-order valence-corrected chi connectivity index (χ1v) is 6.86. The fourth-order valence-electron chi connectivity index (χ4n) is 1.31. The topological polar surface area (TPSA) is 38.9 Å². The van der Waals surface area contributed by atoms with E-state index in [1.54, 1.807) is 23.1 Å². The minimum atomic E-state index is 0.810. The molecule has 2 aromatic rings. The molecule has 1 heterocycles. The van der Waals surface area contributed by atoms with Gasteiger partial charge in [-0.15, -0.1) is 23.1 Å². The fraction of sp³-hybridized carbons (Fsp3) is 0.250. The lowest BCUT2D eigenvalue weighted by molar-refractivity contribution is 1.16. The molecule has 0 atom stereocenters. The number of aromatic nitrogens is 1. The summed E-state index contributed by atoms with van der Waals surface area (Å²) in [5.41, 5.74) is 7.60. The van der Waals surface area contributed by atoms with E-state index in [0.29, 0.717) is 0 Å². The number of nitrogens with two attached hydrogens (primary N) is 1. The molecule has 2 N–H and O–H groups in total. The van der Waals surface area contributed by atoms with Gasteiger partial charge >= 0.3 is 0 Å². The van der Waals surface area contributed by atoms with Gasteiger partial charge < -0.3 is 5.73 Å². The molecule has 0 radical (unpaired) electrons. The number of hydrogen-bond donors (Lipinski definition) is 1. The van der Waals surface area contributed by atoms with E-state index in [9.17, 15) is 0 Å². The fourth-order valence-corrected chi connectivity index (χ4v) is 3.14. The minimum Gasteiger partial charge on any atom is -0.399 e. The number of nitrogen functional groups attached to an aromatic ring is 1. The van der Waals surface area contributed by atoms with Gasteiger partial charge in [0.05, 0.1) is 11.4 Å². The number of thiazole rings is 1. The van der Waals surface area contributed by atoms with Crippen LogP contribution < -0.4 is 5.73 Å². The first kappa shape index (κ1) is 11.5. The van der Waals surface area contributed by atoms with Crippen molar-refractivity contribution < 1.29 is 0 Å². The lowest BCUT2D eigenvalue weighted by atomic mass is 10.3. The zero-order valence-electron chi connectivity index (χ0n) is 9.36. The van der Waals surface area contributed by atoms with Crippen molar-refractivity contribution in [3.05, 3.63) is 39.8 Å². The molecule has 84 valence electrons. The Bertz CT molecular complexity index is 455. The van der Waals surface area contributed by atoms with Crippen molar-refractivity contribution in [3.8, 4) is 0 Å². The Balaban J connectivity index is 1.99. The molecule has 0 amide bonds. The van der Waals surface area contributed by atoms with E-state index in [4.69, 9.17) is 5.73 Å². The molecule has 16 heavy (non-hydrogen) atoms. The van der Waals surface area contributed by atoms with E-state index < -0.39 is 0 Å². The van der Waals surface area contributed by atoms with E-state index in [1.165, 1.54) is 14.8 Å². The second kappa shape index (κ2) is 4.89. The van der Waals surface area contributed by atoms with E-state index in [2.05, 4.69) is 18.8 Å². The summed E-state index contributed by atoms with van der Waals surface area (Å²) in [6.45, 7) is 4.17. The van der Waals surface area contributed by atoms with E-state index >= 15 is 0 Å². The smallest absolute Gasteiger partial charge is 0.103 e. The SMILES string of the molecule is Cc1nc(CSc2ccc(N)cc2)sc1C. The van der Waals surface area contributed by atoms with Crippen molar-refractivity contribution >= 4 is 28.8 Å². The Kier molecular flexibility index (Phi) is 3.51. The highest BCUT2D eigenvalue weighted by Crippen LogP contribution is 2.26.